The topological polar surface area (TPSA) is 29.1 Å². The highest BCUT2D eigenvalue weighted by atomic mass is 35.5. The second kappa shape index (κ2) is 5.74. The molecule has 1 fully saturated rings. The number of nitrogens with one attached hydrogen (secondary N) is 1. The normalized spacial score (nSPS) is 21.3. The Morgan fingerprint density at radius 3 is 2.53 bits per heavy atom. The van der Waals surface area contributed by atoms with Crippen molar-refractivity contribution in [2.45, 2.75) is 57.9 Å². The first-order valence-electron chi connectivity index (χ1n) is 5.99. The predicted molar refractivity (Wildman–Crippen MR) is 64.1 cm³/mol. The lowest BCUT2D eigenvalue weighted by atomic mass is 9.98. The van der Waals surface area contributed by atoms with E-state index < -0.39 is 0 Å². The van der Waals surface area contributed by atoms with Crippen LogP contribution in [0.25, 0.3) is 0 Å². The zero-order valence-corrected chi connectivity index (χ0v) is 10.6. The van der Waals surface area contributed by atoms with Crippen molar-refractivity contribution in [3.05, 3.63) is 0 Å². The molecule has 0 spiro atoms. The number of rotatable bonds is 5. The van der Waals surface area contributed by atoms with Gasteiger partial charge in [0.15, 0.2) is 0 Å². The van der Waals surface area contributed by atoms with E-state index in [-0.39, 0.29) is 11.4 Å². The van der Waals surface area contributed by atoms with Crippen LogP contribution in [0.1, 0.15) is 52.4 Å². The lowest BCUT2D eigenvalue weighted by Crippen LogP contribution is -2.48. The summed E-state index contributed by atoms with van der Waals surface area (Å²) in [6.45, 7) is 4.23. The first-order valence-corrected chi connectivity index (χ1v) is 6.52. The summed E-state index contributed by atoms with van der Waals surface area (Å²) in [6, 6.07) is 0. The van der Waals surface area contributed by atoms with Crippen LogP contribution in [-0.4, -0.2) is 17.3 Å². The monoisotopic (exact) mass is 231 g/mol. The maximum atomic E-state index is 11.8. The summed E-state index contributed by atoms with van der Waals surface area (Å²) in [7, 11) is 0. The fourth-order valence-corrected chi connectivity index (χ4v) is 2.49. The van der Waals surface area contributed by atoms with E-state index in [1.54, 1.807) is 0 Å². The largest absolute Gasteiger partial charge is 0.349 e. The Kier molecular flexibility index (Phi) is 4.91. The van der Waals surface area contributed by atoms with E-state index in [1.807, 2.05) is 0 Å². The molecule has 1 atom stereocenters. The van der Waals surface area contributed by atoms with Crippen LogP contribution >= 0.6 is 11.6 Å². The summed E-state index contributed by atoms with van der Waals surface area (Å²) < 4.78 is 0. The molecule has 0 aromatic carbocycles. The van der Waals surface area contributed by atoms with Crippen molar-refractivity contribution in [3.63, 3.8) is 0 Å². The minimum atomic E-state index is -0.0912. The fourth-order valence-electron chi connectivity index (χ4n) is 2.15. The van der Waals surface area contributed by atoms with Gasteiger partial charge < -0.3 is 5.32 Å². The van der Waals surface area contributed by atoms with E-state index in [2.05, 4.69) is 19.2 Å². The molecule has 0 aliphatic heterocycles. The van der Waals surface area contributed by atoms with Gasteiger partial charge in [0.25, 0.3) is 0 Å². The number of amides is 1. The quantitative estimate of drug-likeness (QED) is 0.724. The van der Waals surface area contributed by atoms with E-state index in [0.717, 1.165) is 19.3 Å². The SMILES string of the molecule is CCC(C)CC(=O)NC1(CCl)CCCC1. The summed E-state index contributed by atoms with van der Waals surface area (Å²) in [5, 5.41) is 3.14. The molecule has 15 heavy (non-hydrogen) atoms. The Labute approximate surface area is 97.8 Å². The third-order valence-corrected chi connectivity index (χ3v) is 3.96. The highest BCUT2D eigenvalue weighted by molar-refractivity contribution is 6.18. The van der Waals surface area contributed by atoms with Crippen LogP contribution in [0.4, 0.5) is 0 Å². The Balaban J connectivity index is 2.41. The average molecular weight is 232 g/mol. The summed E-state index contributed by atoms with van der Waals surface area (Å²) in [6.07, 6.45) is 6.16. The molecule has 1 aliphatic carbocycles. The second-order valence-electron chi connectivity index (χ2n) is 4.89. The molecule has 1 unspecified atom stereocenters. The molecule has 1 amide bonds. The standard InChI is InChI=1S/C12H22ClNO/c1-3-10(2)8-11(15)14-12(9-13)6-4-5-7-12/h10H,3-9H2,1-2H3,(H,14,15). The Morgan fingerprint density at radius 1 is 1.47 bits per heavy atom. The molecule has 1 aliphatic rings. The van der Waals surface area contributed by atoms with Crippen LogP contribution in [0, 0.1) is 5.92 Å². The molecule has 0 heterocycles. The van der Waals surface area contributed by atoms with Gasteiger partial charge in [0, 0.05) is 12.3 Å². The lowest BCUT2D eigenvalue weighted by Gasteiger charge is -2.28. The van der Waals surface area contributed by atoms with Gasteiger partial charge in [0.05, 0.1) is 5.54 Å². The van der Waals surface area contributed by atoms with Crippen LogP contribution in [0.15, 0.2) is 0 Å². The lowest BCUT2D eigenvalue weighted by molar-refractivity contribution is -0.123. The van der Waals surface area contributed by atoms with Gasteiger partial charge in [0.1, 0.15) is 0 Å². The van der Waals surface area contributed by atoms with Crippen molar-refractivity contribution in [2.75, 3.05) is 5.88 Å². The number of carbonyl (C=O) groups excluding carboxylic acids is 1. The molecular weight excluding hydrogens is 210 g/mol. The number of alkyl halides is 1. The van der Waals surface area contributed by atoms with Crippen molar-refractivity contribution >= 4 is 17.5 Å². The predicted octanol–water partition coefficient (Wildman–Crippen LogP) is 3.09. The molecule has 1 rings (SSSR count). The van der Waals surface area contributed by atoms with Gasteiger partial charge in [-0.2, -0.15) is 0 Å². The summed E-state index contributed by atoms with van der Waals surface area (Å²) in [5.41, 5.74) is -0.0912. The molecular formula is C12H22ClNO. The number of carbonyl (C=O) groups is 1. The van der Waals surface area contributed by atoms with Crippen molar-refractivity contribution in [1.29, 1.82) is 0 Å². The molecule has 0 aromatic heterocycles. The Morgan fingerprint density at radius 2 is 2.07 bits per heavy atom. The smallest absolute Gasteiger partial charge is 0.220 e. The number of hydrogen-bond donors (Lipinski definition) is 1. The molecule has 2 nitrogen and oxygen atoms in total. The molecule has 1 N–H and O–H groups in total. The van der Waals surface area contributed by atoms with Crippen molar-refractivity contribution in [3.8, 4) is 0 Å². The zero-order chi connectivity index (χ0) is 11.3. The molecule has 88 valence electrons. The first-order chi connectivity index (χ1) is 7.12. The molecule has 0 aromatic rings. The van der Waals surface area contributed by atoms with Gasteiger partial charge >= 0.3 is 0 Å². The van der Waals surface area contributed by atoms with Crippen LogP contribution in [0.5, 0.6) is 0 Å². The van der Waals surface area contributed by atoms with Gasteiger partial charge in [0.2, 0.25) is 5.91 Å². The first kappa shape index (κ1) is 12.8. The van der Waals surface area contributed by atoms with Crippen molar-refractivity contribution in [1.82, 2.24) is 5.32 Å². The van der Waals surface area contributed by atoms with Crippen molar-refractivity contribution < 1.29 is 4.79 Å². The van der Waals surface area contributed by atoms with Crippen LogP contribution in [0.2, 0.25) is 0 Å². The maximum Gasteiger partial charge on any atom is 0.220 e. The van der Waals surface area contributed by atoms with Gasteiger partial charge in [-0.25, -0.2) is 0 Å². The second-order valence-corrected chi connectivity index (χ2v) is 5.15. The third-order valence-electron chi connectivity index (χ3n) is 3.45. The number of hydrogen-bond acceptors (Lipinski definition) is 1. The Hall–Kier alpha value is -0.240. The third kappa shape index (κ3) is 3.67. The molecule has 0 bridgehead atoms. The van der Waals surface area contributed by atoms with Gasteiger partial charge in [-0.15, -0.1) is 11.6 Å². The van der Waals surface area contributed by atoms with E-state index in [0.29, 0.717) is 18.2 Å². The van der Waals surface area contributed by atoms with E-state index in [1.165, 1.54) is 12.8 Å². The van der Waals surface area contributed by atoms with Crippen LogP contribution in [0.3, 0.4) is 0 Å². The van der Waals surface area contributed by atoms with E-state index in [4.69, 9.17) is 11.6 Å². The van der Waals surface area contributed by atoms with Gasteiger partial charge in [-0.3, -0.25) is 4.79 Å². The van der Waals surface area contributed by atoms with Crippen molar-refractivity contribution in [2.24, 2.45) is 5.92 Å². The van der Waals surface area contributed by atoms with Gasteiger partial charge in [-0.05, 0) is 18.8 Å². The average Bonchev–Trinajstić information content (AvgIpc) is 2.66. The van der Waals surface area contributed by atoms with E-state index in [9.17, 15) is 4.79 Å². The summed E-state index contributed by atoms with van der Waals surface area (Å²) in [4.78, 5) is 11.8. The van der Waals surface area contributed by atoms with Gasteiger partial charge in [-0.1, -0.05) is 33.1 Å². The molecule has 3 heteroatoms. The highest BCUT2D eigenvalue weighted by Gasteiger charge is 2.34. The Bertz CT molecular complexity index is 212. The van der Waals surface area contributed by atoms with E-state index >= 15 is 0 Å². The van der Waals surface area contributed by atoms with Crippen LogP contribution in [-0.2, 0) is 4.79 Å². The molecule has 0 saturated heterocycles. The maximum absolute atomic E-state index is 11.8. The highest BCUT2D eigenvalue weighted by Crippen LogP contribution is 2.30. The molecule has 1 saturated carbocycles. The summed E-state index contributed by atoms with van der Waals surface area (Å²) >= 11 is 5.96. The zero-order valence-electron chi connectivity index (χ0n) is 9.81. The number of halogens is 1. The fraction of sp³-hybridized carbons (Fsp3) is 0.917. The molecule has 0 radical (unpaired) electrons. The van der Waals surface area contributed by atoms with Crippen LogP contribution < -0.4 is 5.32 Å². The minimum absolute atomic E-state index is 0.0912. The minimum Gasteiger partial charge on any atom is -0.349 e. The summed E-state index contributed by atoms with van der Waals surface area (Å²) in [5.74, 6) is 1.20.